The lowest BCUT2D eigenvalue weighted by atomic mass is 9.90. The number of hydrogen-bond donors (Lipinski definition) is 0. The number of rotatable bonds is 8. The molecular formula is C31H35N3O3. The van der Waals surface area contributed by atoms with Crippen LogP contribution in [-0.4, -0.2) is 55.4 Å². The Labute approximate surface area is 219 Å². The molecule has 0 unspecified atom stereocenters. The monoisotopic (exact) mass is 497 g/mol. The van der Waals surface area contributed by atoms with Crippen LogP contribution in [0.4, 0.5) is 0 Å². The van der Waals surface area contributed by atoms with Gasteiger partial charge < -0.3 is 9.47 Å². The largest absolute Gasteiger partial charge is 0.497 e. The zero-order chi connectivity index (χ0) is 25.6. The quantitative estimate of drug-likeness (QED) is 0.422. The molecule has 6 nitrogen and oxygen atoms in total. The van der Waals surface area contributed by atoms with Gasteiger partial charge in [0.25, 0.3) is 5.91 Å². The van der Waals surface area contributed by atoms with E-state index in [-0.39, 0.29) is 11.9 Å². The molecule has 0 saturated carbocycles. The number of amides is 1. The highest BCUT2D eigenvalue weighted by Crippen LogP contribution is 2.36. The zero-order valence-corrected chi connectivity index (χ0v) is 21.7. The highest BCUT2D eigenvalue weighted by molar-refractivity contribution is 6.05. The molecule has 37 heavy (non-hydrogen) atoms. The molecule has 0 spiro atoms. The van der Waals surface area contributed by atoms with Crippen molar-refractivity contribution in [3.63, 3.8) is 0 Å². The van der Waals surface area contributed by atoms with Gasteiger partial charge in [0, 0.05) is 12.0 Å². The van der Waals surface area contributed by atoms with Crippen LogP contribution in [0.25, 0.3) is 0 Å². The second kappa shape index (κ2) is 11.6. The first-order chi connectivity index (χ1) is 18.1. The van der Waals surface area contributed by atoms with E-state index in [4.69, 9.17) is 14.6 Å². The Morgan fingerprint density at radius 1 is 0.892 bits per heavy atom. The molecule has 0 N–H and O–H groups in total. The molecule has 1 fully saturated rings. The summed E-state index contributed by atoms with van der Waals surface area (Å²) in [6.07, 6.45) is 3.97. The number of piperidine rings is 1. The predicted molar refractivity (Wildman–Crippen MR) is 146 cm³/mol. The van der Waals surface area contributed by atoms with Crippen LogP contribution >= 0.6 is 0 Å². The summed E-state index contributed by atoms with van der Waals surface area (Å²) < 4.78 is 10.9. The maximum atomic E-state index is 13.6. The molecule has 0 aliphatic carbocycles. The van der Waals surface area contributed by atoms with Crippen LogP contribution in [0.5, 0.6) is 11.5 Å². The smallest absolute Gasteiger partial charge is 0.257 e. The minimum Gasteiger partial charge on any atom is -0.497 e. The van der Waals surface area contributed by atoms with Gasteiger partial charge in [-0.1, -0.05) is 54.6 Å². The molecule has 0 radical (unpaired) electrons. The predicted octanol–water partition coefficient (Wildman–Crippen LogP) is 5.34. The normalized spacial score (nSPS) is 18.5. The average molecular weight is 498 g/mol. The number of methoxy groups -OCH3 is 2. The molecule has 192 valence electrons. The molecule has 0 aromatic heterocycles. The summed E-state index contributed by atoms with van der Waals surface area (Å²) in [5.41, 5.74) is 4.24. The summed E-state index contributed by atoms with van der Waals surface area (Å²) in [5.74, 6) is 2.27. The average Bonchev–Trinajstić information content (AvgIpc) is 3.40. The summed E-state index contributed by atoms with van der Waals surface area (Å²) in [4.78, 5) is 15.9. The van der Waals surface area contributed by atoms with Gasteiger partial charge in [-0.05, 0) is 73.7 Å². The van der Waals surface area contributed by atoms with Crippen LogP contribution in [0.1, 0.15) is 42.0 Å². The van der Waals surface area contributed by atoms with Crippen LogP contribution in [-0.2, 0) is 11.2 Å². The van der Waals surface area contributed by atoms with E-state index in [9.17, 15) is 4.79 Å². The molecule has 3 aromatic rings. The second-order valence-corrected chi connectivity index (χ2v) is 9.89. The van der Waals surface area contributed by atoms with Gasteiger partial charge in [0.05, 0.1) is 32.5 Å². The number of carbonyl (C=O) groups excluding carboxylic acids is 1. The van der Waals surface area contributed by atoms with Gasteiger partial charge in [0.2, 0.25) is 0 Å². The van der Waals surface area contributed by atoms with Gasteiger partial charge in [-0.25, -0.2) is 5.01 Å². The molecule has 0 bridgehead atoms. The Balaban J connectivity index is 1.29. The lowest BCUT2D eigenvalue weighted by molar-refractivity contribution is -0.134. The van der Waals surface area contributed by atoms with Gasteiger partial charge in [-0.2, -0.15) is 5.10 Å². The number of para-hydroxylation sites is 1. The molecule has 2 aliphatic rings. The number of likely N-dealkylation sites (tertiary alicyclic amines) is 1. The number of hydrogen-bond acceptors (Lipinski definition) is 5. The number of benzene rings is 3. The fraction of sp³-hybridized carbons (Fsp3) is 0.355. The van der Waals surface area contributed by atoms with E-state index in [2.05, 4.69) is 35.2 Å². The van der Waals surface area contributed by atoms with E-state index < -0.39 is 0 Å². The van der Waals surface area contributed by atoms with Gasteiger partial charge in [0.15, 0.2) is 0 Å². The molecule has 3 aromatic carbocycles. The van der Waals surface area contributed by atoms with Crippen molar-refractivity contribution >= 4 is 11.6 Å². The third kappa shape index (κ3) is 5.86. The molecule has 1 amide bonds. The van der Waals surface area contributed by atoms with Crippen molar-refractivity contribution in [2.24, 2.45) is 11.0 Å². The SMILES string of the molecule is COc1ccc([C@H]2CC(c3ccccc3OC)=NN2C(=O)CN2CCC(Cc3ccccc3)CC2)cc1. The third-order valence-electron chi connectivity index (χ3n) is 7.52. The maximum Gasteiger partial charge on any atom is 0.257 e. The molecule has 1 saturated heterocycles. The summed E-state index contributed by atoms with van der Waals surface area (Å²) in [5, 5.41) is 6.56. The van der Waals surface area contributed by atoms with Crippen molar-refractivity contribution in [2.75, 3.05) is 33.9 Å². The van der Waals surface area contributed by atoms with Crippen molar-refractivity contribution in [3.8, 4) is 11.5 Å². The van der Waals surface area contributed by atoms with Gasteiger partial charge in [-0.15, -0.1) is 0 Å². The first-order valence-electron chi connectivity index (χ1n) is 13.1. The van der Waals surface area contributed by atoms with E-state index in [0.717, 1.165) is 60.7 Å². The zero-order valence-electron chi connectivity index (χ0n) is 21.7. The Kier molecular flexibility index (Phi) is 7.85. The topological polar surface area (TPSA) is 54.4 Å². The second-order valence-electron chi connectivity index (χ2n) is 9.89. The Morgan fingerprint density at radius 3 is 2.30 bits per heavy atom. The number of hydrazone groups is 1. The Hall–Kier alpha value is -3.64. The summed E-state index contributed by atoms with van der Waals surface area (Å²) in [6, 6.07) is 26.3. The summed E-state index contributed by atoms with van der Waals surface area (Å²) in [6.45, 7) is 2.26. The van der Waals surface area contributed by atoms with Crippen molar-refractivity contribution in [2.45, 2.75) is 31.7 Å². The van der Waals surface area contributed by atoms with E-state index in [1.165, 1.54) is 5.56 Å². The van der Waals surface area contributed by atoms with Crippen LogP contribution < -0.4 is 9.47 Å². The lowest BCUT2D eigenvalue weighted by Crippen LogP contribution is -2.42. The number of carbonyl (C=O) groups is 1. The molecule has 6 heteroatoms. The summed E-state index contributed by atoms with van der Waals surface area (Å²) >= 11 is 0. The van der Waals surface area contributed by atoms with Gasteiger partial charge >= 0.3 is 0 Å². The number of nitrogens with zero attached hydrogens (tertiary/aromatic N) is 3. The first kappa shape index (κ1) is 25.0. The van der Waals surface area contributed by atoms with E-state index in [1.807, 2.05) is 48.5 Å². The highest BCUT2D eigenvalue weighted by atomic mass is 16.5. The first-order valence-corrected chi connectivity index (χ1v) is 13.1. The third-order valence-corrected chi connectivity index (χ3v) is 7.52. The Morgan fingerprint density at radius 2 is 1.59 bits per heavy atom. The molecule has 1 atom stereocenters. The maximum absolute atomic E-state index is 13.6. The fourth-order valence-electron chi connectivity index (χ4n) is 5.43. The van der Waals surface area contributed by atoms with Crippen LogP contribution in [0, 0.1) is 5.92 Å². The molecule has 2 aliphatic heterocycles. The van der Waals surface area contributed by atoms with Gasteiger partial charge in [-0.3, -0.25) is 9.69 Å². The molecule has 5 rings (SSSR count). The number of ether oxygens (including phenoxy) is 2. The van der Waals surface area contributed by atoms with Crippen molar-refractivity contribution in [1.82, 2.24) is 9.91 Å². The van der Waals surface area contributed by atoms with E-state index >= 15 is 0 Å². The Bertz CT molecular complexity index is 1220. The van der Waals surface area contributed by atoms with Crippen LogP contribution in [0.3, 0.4) is 0 Å². The highest BCUT2D eigenvalue weighted by Gasteiger charge is 2.35. The standard InChI is InChI=1S/C31H35N3O3/c1-36-26-14-12-25(13-15-26)29-21-28(27-10-6-7-11-30(27)37-2)32-34(29)31(35)22-33-18-16-24(17-19-33)20-23-8-4-3-5-9-23/h3-15,24,29H,16-22H2,1-2H3/t29-/m1/s1. The van der Waals surface area contributed by atoms with Crippen LogP contribution in [0.2, 0.25) is 0 Å². The minimum atomic E-state index is -0.158. The van der Waals surface area contributed by atoms with E-state index in [1.54, 1.807) is 19.2 Å². The fourth-order valence-corrected chi connectivity index (χ4v) is 5.43. The van der Waals surface area contributed by atoms with E-state index in [0.29, 0.717) is 18.9 Å². The lowest BCUT2D eigenvalue weighted by Gasteiger charge is -2.33. The minimum absolute atomic E-state index is 0.0345. The van der Waals surface area contributed by atoms with Crippen molar-refractivity contribution in [1.29, 1.82) is 0 Å². The van der Waals surface area contributed by atoms with Gasteiger partial charge in [0.1, 0.15) is 11.5 Å². The molecular weight excluding hydrogens is 462 g/mol. The molecule has 2 heterocycles. The van der Waals surface area contributed by atoms with Crippen molar-refractivity contribution < 1.29 is 14.3 Å². The summed E-state index contributed by atoms with van der Waals surface area (Å²) in [7, 11) is 3.33. The van der Waals surface area contributed by atoms with Crippen LogP contribution in [0.15, 0.2) is 84.0 Å². The van der Waals surface area contributed by atoms with Crippen molar-refractivity contribution in [3.05, 3.63) is 95.6 Å².